The molecule has 3 aromatic heterocycles. The highest BCUT2D eigenvalue weighted by Gasteiger charge is 2.14. The SMILES string of the molecule is CN(C)CCCNC(=O)CCNC(=O)c1cc(-c2ccccn2)nc(-c2ccccn2)c1. The second-order valence-corrected chi connectivity index (χ2v) is 7.57. The molecule has 2 N–H and O–H groups in total. The summed E-state index contributed by atoms with van der Waals surface area (Å²) in [7, 11) is 3.99. The molecule has 0 aliphatic heterocycles. The molecular formula is C24H28N6O2. The summed E-state index contributed by atoms with van der Waals surface area (Å²) >= 11 is 0. The average molecular weight is 433 g/mol. The molecule has 0 aliphatic carbocycles. The first-order valence-corrected chi connectivity index (χ1v) is 10.6. The molecule has 3 aromatic rings. The fraction of sp³-hybridized carbons (Fsp3) is 0.292. The van der Waals surface area contributed by atoms with Crippen LogP contribution in [-0.2, 0) is 4.79 Å². The molecule has 3 heterocycles. The summed E-state index contributed by atoms with van der Waals surface area (Å²) in [5.41, 5.74) is 2.93. The number of hydrogen-bond acceptors (Lipinski definition) is 6. The highest BCUT2D eigenvalue weighted by molar-refractivity contribution is 5.96. The maximum Gasteiger partial charge on any atom is 0.251 e. The van der Waals surface area contributed by atoms with Gasteiger partial charge < -0.3 is 15.5 Å². The molecule has 0 saturated carbocycles. The fourth-order valence-corrected chi connectivity index (χ4v) is 3.06. The van der Waals surface area contributed by atoms with Gasteiger partial charge in [-0.05, 0) is 63.5 Å². The van der Waals surface area contributed by atoms with E-state index in [4.69, 9.17) is 0 Å². The van der Waals surface area contributed by atoms with Crippen molar-refractivity contribution in [1.82, 2.24) is 30.5 Å². The lowest BCUT2D eigenvalue weighted by Gasteiger charge is -2.11. The zero-order valence-corrected chi connectivity index (χ0v) is 18.4. The number of rotatable bonds is 10. The maximum atomic E-state index is 12.8. The molecule has 0 aliphatic rings. The van der Waals surface area contributed by atoms with Crippen molar-refractivity contribution >= 4 is 11.8 Å². The second-order valence-electron chi connectivity index (χ2n) is 7.57. The third-order valence-corrected chi connectivity index (χ3v) is 4.68. The van der Waals surface area contributed by atoms with Gasteiger partial charge in [0.2, 0.25) is 5.91 Å². The molecule has 0 saturated heterocycles. The van der Waals surface area contributed by atoms with Crippen molar-refractivity contribution in [2.24, 2.45) is 0 Å². The molecule has 0 aromatic carbocycles. The number of amides is 2. The predicted molar refractivity (Wildman–Crippen MR) is 124 cm³/mol. The van der Waals surface area contributed by atoms with E-state index < -0.39 is 0 Å². The fourth-order valence-electron chi connectivity index (χ4n) is 3.06. The smallest absolute Gasteiger partial charge is 0.251 e. The molecular weight excluding hydrogens is 404 g/mol. The van der Waals surface area contributed by atoms with Crippen LogP contribution in [0.25, 0.3) is 22.8 Å². The first-order valence-electron chi connectivity index (χ1n) is 10.6. The minimum Gasteiger partial charge on any atom is -0.356 e. The van der Waals surface area contributed by atoms with E-state index in [1.807, 2.05) is 50.5 Å². The van der Waals surface area contributed by atoms with E-state index >= 15 is 0 Å². The van der Waals surface area contributed by atoms with Gasteiger partial charge in [0.05, 0.1) is 22.8 Å². The molecule has 0 fully saturated rings. The molecule has 8 heteroatoms. The van der Waals surface area contributed by atoms with Gasteiger partial charge in [-0.2, -0.15) is 0 Å². The summed E-state index contributed by atoms with van der Waals surface area (Å²) in [5, 5.41) is 5.69. The van der Waals surface area contributed by atoms with Crippen LogP contribution in [0, 0.1) is 0 Å². The van der Waals surface area contributed by atoms with Crippen LogP contribution in [0.2, 0.25) is 0 Å². The molecule has 32 heavy (non-hydrogen) atoms. The Morgan fingerprint density at radius 3 is 2.00 bits per heavy atom. The lowest BCUT2D eigenvalue weighted by molar-refractivity contribution is -0.120. The van der Waals surface area contributed by atoms with Gasteiger partial charge in [-0.25, -0.2) is 4.98 Å². The lowest BCUT2D eigenvalue weighted by atomic mass is 10.1. The summed E-state index contributed by atoms with van der Waals surface area (Å²) in [4.78, 5) is 40.2. The third kappa shape index (κ3) is 6.95. The zero-order valence-electron chi connectivity index (χ0n) is 18.4. The zero-order chi connectivity index (χ0) is 22.8. The van der Waals surface area contributed by atoms with Crippen LogP contribution >= 0.6 is 0 Å². The van der Waals surface area contributed by atoms with Crippen LogP contribution in [0.15, 0.2) is 60.9 Å². The third-order valence-electron chi connectivity index (χ3n) is 4.68. The number of carbonyl (C=O) groups excluding carboxylic acids is 2. The summed E-state index contributed by atoms with van der Waals surface area (Å²) in [6, 6.07) is 14.5. The van der Waals surface area contributed by atoms with Crippen LogP contribution in [0.4, 0.5) is 0 Å². The Morgan fingerprint density at radius 2 is 1.47 bits per heavy atom. The van der Waals surface area contributed by atoms with Crippen LogP contribution in [0.3, 0.4) is 0 Å². The quantitative estimate of drug-likeness (QED) is 0.477. The van der Waals surface area contributed by atoms with Gasteiger partial charge in [-0.1, -0.05) is 12.1 Å². The first kappa shape index (κ1) is 23.0. The number of nitrogens with one attached hydrogen (secondary N) is 2. The Hall–Kier alpha value is -3.65. The van der Waals surface area contributed by atoms with Gasteiger partial charge in [0.1, 0.15) is 0 Å². The Kier molecular flexibility index (Phi) is 8.39. The Balaban J connectivity index is 1.67. The van der Waals surface area contributed by atoms with Gasteiger partial charge in [0, 0.05) is 37.5 Å². The highest BCUT2D eigenvalue weighted by Crippen LogP contribution is 2.22. The van der Waals surface area contributed by atoms with Gasteiger partial charge in [0.25, 0.3) is 5.91 Å². The number of carbonyl (C=O) groups is 2. The Labute approximate surface area is 188 Å². The molecule has 3 rings (SSSR count). The van der Waals surface area contributed by atoms with Gasteiger partial charge >= 0.3 is 0 Å². The largest absolute Gasteiger partial charge is 0.356 e. The Bertz CT molecular complexity index is 967. The van der Waals surface area contributed by atoms with Crippen molar-refractivity contribution in [2.75, 3.05) is 33.7 Å². The summed E-state index contributed by atoms with van der Waals surface area (Å²) < 4.78 is 0. The van der Waals surface area contributed by atoms with Gasteiger partial charge in [-0.3, -0.25) is 19.6 Å². The number of pyridine rings is 3. The molecule has 0 radical (unpaired) electrons. The number of nitrogens with zero attached hydrogens (tertiary/aromatic N) is 4. The van der Waals surface area contributed by atoms with Crippen LogP contribution in [0.5, 0.6) is 0 Å². The maximum absolute atomic E-state index is 12.8. The van der Waals surface area contributed by atoms with Gasteiger partial charge in [0.15, 0.2) is 0 Å². The number of aromatic nitrogens is 3. The monoisotopic (exact) mass is 432 g/mol. The molecule has 166 valence electrons. The lowest BCUT2D eigenvalue weighted by Crippen LogP contribution is -2.32. The molecule has 0 spiro atoms. The highest BCUT2D eigenvalue weighted by atomic mass is 16.2. The minimum absolute atomic E-state index is 0.0814. The number of hydrogen-bond donors (Lipinski definition) is 2. The average Bonchev–Trinajstić information content (AvgIpc) is 2.82. The molecule has 0 bridgehead atoms. The second kappa shape index (κ2) is 11.7. The van der Waals surface area contributed by atoms with Gasteiger partial charge in [-0.15, -0.1) is 0 Å². The topological polar surface area (TPSA) is 100 Å². The van der Waals surface area contributed by atoms with Crippen molar-refractivity contribution in [3.05, 3.63) is 66.5 Å². The predicted octanol–water partition coefficient (Wildman–Crippen LogP) is 2.39. The van der Waals surface area contributed by atoms with E-state index in [2.05, 4.69) is 30.5 Å². The van der Waals surface area contributed by atoms with E-state index in [9.17, 15) is 9.59 Å². The van der Waals surface area contributed by atoms with Crippen molar-refractivity contribution in [3.8, 4) is 22.8 Å². The molecule has 0 atom stereocenters. The summed E-state index contributed by atoms with van der Waals surface area (Å²) in [6.45, 7) is 1.78. The van der Waals surface area contributed by atoms with Crippen molar-refractivity contribution < 1.29 is 9.59 Å². The van der Waals surface area contributed by atoms with Crippen LogP contribution < -0.4 is 10.6 Å². The standard InChI is InChI=1S/C24H28N6O2/c1-30(2)15-7-13-27-23(31)10-14-28-24(32)18-16-21(19-8-3-5-11-25-19)29-22(17-18)20-9-4-6-12-26-20/h3-6,8-9,11-12,16-17H,7,10,13-15H2,1-2H3,(H,27,31)(H,28,32). The van der Waals surface area contributed by atoms with Crippen molar-refractivity contribution in [2.45, 2.75) is 12.8 Å². The summed E-state index contributed by atoms with van der Waals surface area (Å²) in [6.07, 6.45) is 4.47. The van der Waals surface area contributed by atoms with E-state index in [1.165, 1.54) is 0 Å². The van der Waals surface area contributed by atoms with E-state index in [-0.39, 0.29) is 24.8 Å². The van der Waals surface area contributed by atoms with Crippen LogP contribution in [-0.4, -0.2) is 65.4 Å². The van der Waals surface area contributed by atoms with E-state index in [1.54, 1.807) is 24.5 Å². The molecule has 8 nitrogen and oxygen atoms in total. The normalized spacial score (nSPS) is 10.7. The van der Waals surface area contributed by atoms with Crippen molar-refractivity contribution in [1.29, 1.82) is 0 Å². The van der Waals surface area contributed by atoms with E-state index in [0.717, 1.165) is 13.0 Å². The summed E-state index contributed by atoms with van der Waals surface area (Å²) in [5.74, 6) is -0.357. The first-order chi connectivity index (χ1) is 15.5. The minimum atomic E-state index is -0.276. The molecule has 2 amide bonds. The molecule has 0 unspecified atom stereocenters. The van der Waals surface area contributed by atoms with E-state index in [0.29, 0.717) is 34.9 Å². The van der Waals surface area contributed by atoms with Crippen molar-refractivity contribution in [3.63, 3.8) is 0 Å². The van der Waals surface area contributed by atoms with Crippen LogP contribution in [0.1, 0.15) is 23.2 Å². The Morgan fingerprint density at radius 1 is 0.844 bits per heavy atom.